The second-order valence-corrected chi connectivity index (χ2v) is 6.95. The van der Waals surface area contributed by atoms with Crippen molar-refractivity contribution in [2.45, 2.75) is 38.4 Å². The maximum absolute atomic E-state index is 13.0. The minimum absolute atomic E-state index is 0.383. The number of hydrogen-bond acceptors (Lipinski definition) is 3. The van der Waals surface area contributed by atoms with Gasteiger partial charge in [-0.2, -0.15) is 18.3 Å². The number of halogens is 3. The van der Waals surface area contributed by atoms with E-state index in [0.717, 1.165) is 55.7 Å². The van der Waals surface area contributed by atoms with Crippen molar-refractivity contribution < 1.29 is 13.2 Å². The second-order valence-electron chi connectivity index (χ2n) is 6.95. The third-order valence-electron chi connectivity index (χ3n) is 5.33. The molecule has 0 bridgehead atoms. The quantitative estimate of drug-likeness (QED) is 0.657. The molecule has 0 N–H and O–H groups in total. The lowest BCUT2D eigenvalue weighted by atomic mass is 9.91. The first-order valence-corrected chi connectivity index (χ1v) is 9.19. The Morgan fingerprint density at radius 2 is 1.93 bits per heavy atom. The van der Waals surface area contributed by atoms with Crippen molar-refractivity contribution in [3.63, 3.8) is 0 Å². The van der Waals surface area contributed by atoms with Gasteiger partial charge in [-0.1, -0.05) is 6.07 Å². The number of aromatic nitrogens is 3. The summed E-state index contributed by atoms with van der Waals surface area (Å²) in [5.74, 6) is 0.478. The van der Waals surface area contributed by atoms with E-state index in [2.05, 4.69) is 28.1 Å². The molecule has 1 aromatic carbocycles. The number of hydrogen-bond donors (Lipinski definition) is 0. The van der Waals surface area contributed by atoms with Gasteiger partial charge < -0.3 is 4.90 Å². The molecule has 3 aromatic rings. The number of anilines is 1. The molecule has 1 aliphatic heterocycles. The summed E-state index contributed by atoms with van der Waals surface area (Å²) in [6, 6.07) is 5.70. The van der Waals surface area contributed by atoms with Crippen LogP contribution >= 0.6 is 0 Å². The van der Waals surface area contributed by atoms with Crippen molar-refractivity contribution in [3.05, 3.63) is 54.0 Å². The van der Waals surface area contributed by atoms with Crippen LogP contribution in [0.15, 0.2) is 42.9 Å². The number of pyridine rings is 1. The molecule has 3 heterocycles. The highest BCUT2D eigenvalue weighted by Crippen LogP contribution is 2.36. The first kappa shape index (κ1) is 17.8. The molecule has 4 rings (SSSR count). The molecule has 1 saturated heterocycles. The van der Waals surface area contributed by atoms with Crippen LogP contribution in [-0.4, -0.2) is 27.9 Å². The van der Waals surface area contributed by atoms with Gasteiger partial charge in [0.1, 0.15) is 0 Å². The lowest BCUT2D eigenvalue weighted by Crippen LogP contribution is -2.33. The SMILES string of the molecule is CCn1cc(C2CCN(c3ccnc4cc(C(F)(F)F)ccc34)CC2)cn1. The normalized spacial score (nSPS) is 16.2. The van der Waals surface area contributed by atoms with Crippen molar-refractivity contribution in [1.29, 1.82) is 0 Å². The van der Waals surface area contributed by atoms with Crippen LogP contribution in [0.1, 0.15) is 36.8 Å². The third kappa shape index (κ3) is 3.50. The molecular weight excluding hydrogens is 353 g/mol. The molecule has 0 atom stereocenters. The van der Waals surface area contributed by atoms with Crippen molar-refractivity contribution >= 4 is 16.6 Å². The van der Waals surface area contributed by atoms with Gasteiger partial charge in [0.25, 0.3) is 0 Å². The predicted octanol–water partition coefficient (Wildman–Crippen LogP) is 4.85. The molecule has 7 heteroatoms. The third-order valence-corrected chi connectivity index (χ3v) is 5.33. The zero-order valence-corrected chi connectivity index (χ0v) is 15.1. The van der Waals surface area contributed by atoms with E-state index in [4.69, 9.17) is 0 Å². The lowest BCUT2D eigenvalue weighted by molar-refractivity contribution is -0.137. The Hall–Kier alpha value is -2.57. The highest BCUT2D eigenvalue weighted by molar-refractivity contribution is 5.92. The van der Waals surface area contributed by atoms with Gasteiger partial charge in [0.05, 0.1) is 17.3 Å². The lowest BCUT2D eigenvalue weighted by Gasteiger charge is -2.34. The molecule has 1 fully saturated rings. The Bertz CT molecular complexity index is 940. The number of benzene rings is 1. The van der Waals surface area contributed by atoms with Crippen LogP contribution in [0.25, 0.3) is 10.9 Å². The summed E-state index contributed by atoms with van der Waals surface area (Å²) < 4.78 is 40.8. The molecule has 0 aliphatic carbocycles. The number of aryl methyl sites for hydroxylation is 1. The number of fused-ring (bicyclic) bond motifs is 1. The summed E-state index contributed by atoms with van der Waals surface area (Å²) in [6.45, 7) is 4.66. The standard InChI is InChI=1S/C20H21F3N4/c1-2-27-13-15(12-25-27)14-6-9-26(10-7-14)19-5-8-24-18-11-16(20(21,22)23)3-4-17(18)19/h3-5,8,11-14H,2,6-7,9-10H2,1H3. The Balaban J connectivity index is 1.55. The van der Waals surface area contributed by atoms with Gasteiger partial charge in [0, 0.05) is 43.1 Å². The van der Waals surface area contributed by atoms with E-state index < -0.39 is 11.7 Å². The van der Waals surface area contributed by atoms with Crippen molar-refractivity contribution in [1.82, 2.24) is 14.8 Å². The van der Waals surface area contributed by atoms with Gasteiger partial charge in [-0.05, 0) is 49.4 Å². The molecule has 0 spiro atoms. The minimum atomic E-state index is -4.35. The Morgan fingerprint density at radius 1 is 1.15 bits per heavy atom. The maximum atomic E-state index is 13.0. The predicted molar refractivity (Wildman–Crippen MR) is 98.8 cm³/mol. The zero-order chi connectivity index (χ0) is 19.0. The largest absolute Gasteiger partial charge is 0.416 e. The van der Waals surface area contributed by atoms with Gasteiger partial charge in [-0.3, -0.25) is 9.67 Å². The molecule has 1 aliphatic rings. The Kier molecular flexibility index (Phi) is 4.53. The average molecular weight is 374 g/mol. The highest BCUT2D eigenvalue weighted by atomic mass is 19.4. The molecule has 0 unspecified atom stereocenters. The smallest absolute Gasteiger partial charge is 0.371 e. The average Bonchev–Trinajstić information content (AvgIpc) is 3.16. The van der Waals surface area contributed by atoms with Crippen LogP contribution in [0.3, 0.4) is 0 Å². The van der Waals surface area contributed by atoms with Gasteiger partial charge in [-0.15, -0.1) is 0 Å². The van der Waals surface area contributed by atoms with E-state index in [9.17, 15) is 13.2 Å². The molecule has 0 radical (unpaired) electrons. The summed E-state index contributed by atoms with van der Waals surface area (Å²) in [6.07, 6.45) is 3.30. The van der Waals surface area contributed by atoms with Crippen LogP contribution < -0.4 is 4.90 Å². The van der Waals surface area contributed by atoms with Crippen LogP contribution in [-0.2, 0) is 12.7 Å². The van der Waals surface area contributed by atoms with E-state index >= 15 is 0 Å². The fourth-order valence-corrected chi connectivity index (χ4v) is 3.80. The molecule has 0 amide bonds. The summed E-state index contributed by atoms with van der Waals surface area (Å²) in [4.78, 5) is 6.40. The summed E-state index contributed by atoms with van der Waals surface area (Å²) in [5.41, 5.74) is 1.95. The van der Waals surface area contributed by atoms with E-state index in [-0.39, 0.29) is 0 Å². The van der Waals surface area contributed by atoms with Crippen LogP contribution in [0.5, 0.6) is 0 Å². The summed E-state index contributed by atoms with van der Waals surface area (Å²) in [5, 5.41) is 5.13. The summed E-state index contributed by atoms with van der Waals surface area (Å²) >= 11 is 0. The topological polar surface area (TPSA) is 34.0 Å². The summed E-state index contributed by atoms with van der Waals surface area (Å²) in [7, 11) is 0. The Morgan fingerprint density at radius 3 is 2.59 bits per heavy atom. The first-order valence-electron chi connectivity index (χ1n) is 9.19. The van der Waals surface area contributed by atoms with Gasteiger partial charge >= 0.3 is 6.18 Å². The first-order chi connectivity index (χ1) is 13.0. The molecular formula is C20H21F3N4. The fraction of sp³-hybridized carbons (Fsp3) is 0.400. The van der Waals surface area contributed by atoms with E-state index in [0.29, 0.717) is 11.4 Å². The number of rotatable bonds is 3. The van der Waals surface area contributed by atoms with Crippen molar-refractivity contribution in [2.24, 2.45) is 0 Å². The second kappa shape index (κ2) is 6.87. The number of piperidine rings is 1. The molecule has 0 saturated carbocycles. The minimum Gasteiger partial charge on any atom is -0.371 e. The van der Waals surface area contributed by atoms with Gasteiger partial charge in [-0.25, -0.2) is 0 Å². The van der Waals surface area contributed by atoms with E-state index in [1.54, 1.807) is 6.20 Å². The zero-order valence-electron chi connectivity index (χ0n) is 15.1. The molecule has 4 nitrogen and oxygen atoms in total. The van der Waals surface area contributed by atoms with Crippen LogP contribution in [0.2, 0.25) is 0 Å². The van der Waals surface area contributed by atoms with Crippen LogP contribution in [0, 0.1) is 0 Å². The van der Waals surface area contributed by atoms with Crippen LogP contribution in [0.4, 0.5) is 18.9 Å². The number of nitrogens with zero attached hydrogens (tertiary/aromatic N) is 4. The maximum Gasteiger partial charge on any atom is 0.416 e. The van der Waals surface area contributed by atoms with Crippen molar-refractivity contribution in [3.8, 4) is 0 Å². The monoisotopic (exact) mass is 374 g/mol. The van der Waals surface area contributed by atoms with Gasteiger partial charge in [0.15, 0.2) is 0 Å². The molecule has 27 heavy (non-hydrogen) atoms. The van der Waals surface area contributed by atoms with Crippen molar-refractivity contribution in [2.75, 3.05) is 18.0 Å². The Labute approximate surface area is 155 Å². The fourth-order valence-electron chi connectivity index (χ4n) is 3.80. The number of alkyl halides is 3. The van der Waals surface area contributed by atoms with E-state index in [1.807, 2.05) is 16.9 Å². The van der Waals surface area contributed by atoms with E-state index in [1.165, 1.54) is 11.6 Å². The molecule has 2 aromatic heterocycles. The molecule has 142 valence electrons. The van der Waals surface area contributed by atoms with Gasteiger partial charge in [0.2, 0.25) is 0 Å². The highest BCUT2D eigenvalue weighted by Gasteiger charge is 2.31.